The van der Waals surface area contributed by atoms with Gasteiger partial charge in [-0.25, -0.2) is 4.79 Å². The number of methoxy groups -OCH3 is 3. The van der Waals surface area contributed by atoms with Crippen molar-refractivity contribution in [2.45, 2.75) is 13.8 Å². The predicted octanol–water partition coefficient (Wildman–Crippen LogP) is 3.36. The zero-order valence-corrected chi connectivity index (χ0v) is 14.9. The number of carbonyl (C=O) groups excluding carboxylic acids is 2. The third kappa shape index (κ3) is 3.91. The number of esters is 1. The van der Waals surface area contributed by atoms with E-state index in [2.05, 4.69) is 5.32 Å². The molecule has 0 aliphatic heterocycles. The number of amides is 1. The van der Waals surface area contributed by atoms with Crippen LogP contribution in [-0.2, 0) is 4.74 Å². The van der Waals surface area contributed by atoms with Crippen molar-refractivity contribution < 1.29 is 23.8 Å². The molecule has 6 heteroatoms. The summed E-state index contributed by atoms with van der Waals surface area (Å²) in [5.41, 5.74) is 2.90. The van der Waals surface area contributed by atoms with Crippen molar-refractivity contribution in [1.29, 1.82) is 0 Å². The minimum Gasteiger partial charge on any atom is -0.493 e. The summed E-state index contributed by atoms with van der Waals surface area (Å²) in [7, 11) is 4.22. The summed E-state index contributed by atoms with van der Waals surface area (Å²) in [5, 5.41) is 2.75. The highest BCUT2D eigenvalue weighted by Crippen LogP contribution is 2.34. The molecule has 0 radical (unpaired) electrons. The maximum atomic E-state index is 12.6. The third-order valence-electron chi connectivity index (χ3n) is 3.80. The monoisotopic (exact) mass is 343 g/mol. The molecule has 0 aromatic heterocycles. The van der Waals surface area contributed by atoms with Crippen LogP contribution in [0.15, 0.2) is 30.3 Å². The summed E-state index contributed by atoms with van der Waals surface area (Å²) >= 11 is 0. The molecule has 0 spiro atoms. The first-order chi connectivity index (χ1) is 11.9. The van der Waals surface area contributed by atoms with Crippen LogP contribution in [0.5, 0.6) is 11.5 Å². The Morgan fingerprint density at radius 2 is 1.52 bits per heavy atom. The average molecular weight is 343 g/mol. The lowest BCUT2D eigenvalue weighted by Gasteiger charge is -2.15. The van der Waals surface area contributed by atoms with E-state index in [4.69, 9.17) is 14.2 Å². The molecule has 0 heterocycles. The Labute approximate surface area is 146 Å². The molecule has 1 amide bonds. The molecule has 0 fully saturated rings. The van der Waals surface area contributed by atoms with Gasteiger partial charge >= 0.3 is 5.97 Å². The largest absolute Gasteiger partial charge is 0.493 e. The fourth-order valence-electron chi connectivity index (χ4n) is 2.52. The van der Waals surface area contributed by atoms with Gasteiger partial charge < -0.3 is 19.5 Å². The molecule has 132 valence electrons. The summed E-state index contributed by atoms with van der Waals surface area (Å²) in [6, 6.07) is 8.54. The number of anilines is 1. The first kappa shape index (κ1) is 18.3. The number of nitrogens with one attached hydrogen (secondary N) is 1. The second-order valence-corrected chi connectivity index (χ2v) is 5.52. The number of hydrogen-bond acceptors (Lipinski definition) is 5. The molecule has 2 aromatic carbocycles. The van der Waals surface area contributed by atoms with Gasteiger partial charge in [0, 0.05) is 17.7 Å². The lowest BCUT2D eigenvalue weighted by molar-refractivity contribution is 0.0601. The van der Waals surface area contributed by atoms with Gasteiger partial charge in [-0.05, 0) is 25.5 Å². The highest BCUT2D eigenvalue weighted by atomic mass is 16.5. The Morgan fingerprint density at radius 1 is 0.880 bits per heavy atom. The fraction of sp³-hybridized carbons (Fsp3) is 0.263. The topological polar surface area (TPSA) is 73.9 Å². The molecule has 0 saturated heterocycles. The van der Waals surface area contributed by atoms with Crippen LogP contribution in [0.3, 0.4) is 0 Å². The zero-order chi connectivity index (χ0) is 18.6. The Balaban J connectivity index is 2.46. The van der Waals surface area contributed by atoms with E-state index >= 15 is 0 Å². The Hall–Kier alpha value is -3.02. The van der Waals surface area contributed by atoms with E-state index in [1.807, 2.05) is 26.0 Å². The van der Waals surface area contributed by atoms with E-state index in [0.717, 1.165) is 11.1 Å². The van der Waals surface area contributed by atoms with Crippen LogP contribution >= 0.6 is 0 Å². The molecule has 0 atom stereocenters. The van der Waals surface area contributed by atoms with Crippen molar-refractivity contribution in [2.24, 2.45) is 0 Å². The molecule has 0 aliphatic carbocycles. The van der Waals surface area contributed by atoms with Crippen molar-refractivity contribution in [1.82, 2.24) is 0 Å². The number of carbonyl (C=O) groups is 2. The normalized spacial score (nSPS) is 10.1. The molecule has 0 aliphatic rings. The molecular weight excluding hydrogens is 322 g/mol. The van der Waals surface area contributed by atoms with E-state index < -0.39 is 5.97 Å². The highest BCUT2D eigenvalue weighted by molar-refractivity contribution is 6.09. The average Bonchev–Trinajstić information content (AvgIpc) is 2.60. The Bertz CT molecular complexity index is 814. The maximum Gasteiger partial charge on any atom is 0.340 e. The molecule has 0 unspecified atom stereocenters. The second-order valence-electron chi connectivity index (χ2n) is 5.52. The van der Waals surface area contributed by atoms with Gasteiger partial charge in [-0.15, -0.1) is 0 Å². The summed E-state index contributed by atoms with van der Waals surface area (Å²) in [6.45, 7) is 3.82. The minimum atomic E-state index is -0.586. The lowest BCUT2D eigenvalue weighted by Crippen LogP contribution is -2.17. The molecular formula is C19H21NO5. The number of benzene rings is 2. The van der Waals surface area contributed by atoms with Crippen molar-refractivity contribution in [3.05, 3.63) is 52.6 Å². The summed E-state index contributed by atoms with van der Waals surface area (Å²) < 4.78 is 15.2. The van der Waals surface area contributed by atoms with E-state index in [1.54, 1.807) is 6.07 Å². The van der Waals surface area contributed by atoms with E-state index in [9.17, 15) is 9.59 Å². The van der Waals surface area contributed by atoms with Crippen LogP contribution < -0.4 is 14.8 Å². The van der Waals surface area contributed by atoms with Gasteiger partial charge in [-0.3, -0.25) is 4.79 Å². The first-order valence-electron chi connectivity index (χ1n) is 7.64. The molecule has 2 rings (SSSR count). The fourth-order valence-corrected chi connectivity index (χ4v) is 2.52. The number of ether oxygens (including phenoxy) is 3. The smallest absolute Gasteiger partial charge is 0.340 e. The molecule has 25 heavy (non-hydrogen) atoms. The summed E-state index contributed by atoms with van der Waals surface area (Å²) in [5.74, 6) is -0.148. The van der Waals surface area contributed by atoms with Crippen molar-refractivity contribution in [3.63, 3.8) is 0 Å². The van der Waals surface area contributed by atoms with Crippen LogP contribution in [0.4, 0.5) is 5.69 Å². The SMILES string of the molecule is COC(=O)c1cc(OC)c(OC)cc1NC(=O)c1ccc(C)cc1C. The Kier molecular flexibility index (Phi) is 5.64. The van der Waals surface area contributed by atoms with Gasteiger partial charge in [-0.1, -0.05) is 17.7 Å². The van der Waals surface area contributed by atoms with Crippen LogP contribution in [0.25, 0.3) is 0 Å². The lowest BCUT2D eigenvalue weighted by atomic mass is 10.0. The number of aryl methyl sites for hydroxylation is 2. The second kappa shape index (κ2) is 7.70. The first-order valence-corrected chi connectivity index (χ1v) is 7.64. The third-order valence-corrected chi connectivity index (χ3v) is 3.80. The predicted molar refractivity (Wildman–Crippen MR) is 94.8 cm³/mol. The van der Waals surface area contributed by atoms with Crippen molar-refractivity contribution in [2.75, 3.05) is 26.6 Å². The van der Waals surface area contributed by atoms with Gasteiger partial charge in [0.1, 0.15) is 0 Å². The number of rotatable bonds is 5. The van der Waals surface area contributed by atoms with Gasteiger partial charge in [0.25, 0.3) is 5.91 Å². The molecule has 1 N–H and O–H groups in total. The minimum absolute atomic E-state index is 0.179. The van der Waals surface area contributed by atoms with Crippen LogP contribution in [0.1, 0.15) is 31.8 Å². The van der Waals surface area contributed by atoms with Crippen LogP contribution in [0, 0.1) is 13.8 Å². The van der Waals surface area contributed by atoms with Crippen molar-refractivity contribution in [3.8, 4) is 11.5 Å². The van der Waals surface area contributed by atoms with Crippen LogP contribution in [0.2, 0.25) is 0 Å². The molecule has 6 nitrogen and oxygen atoms in total. The molecule has 0 bridgehead atoms. The maximum absolute atomic E-state index is 12.6. The quantitative estimate of drug-likeness (QED) is 0.843. The van der Waals surface area contributed by atoms with Gasteiger partial charge in [0.15, 0.2) is 11.5 Å². The van der Waals surface area contributed by atoms with Gasteiger partial charge in [-0.2, -0.15) is 0 Å². The molecule has 0 saturated carbocycles. The van der Waals surface area contributed by atoms with E-state index in [1.165, 1.54) is 33.5 Å². The summed E-state index contributed by atoms with van der Waals surface area (Å²) in [6.07, 6.45) is 0. The highest BCUT2D eigenvalue weighted by Gasteiger charge is 2.20. The summed E-state index contributed by atoms with van der Waals surface area (Å²) in [4.78, 5) is 24.7. The standard InChI is InChI=1S/C19H21NO5/c1-11-6-7-13(12(2)8-11)18(21)20-15-10-17(24-4)16(23-3)9-14(15)19(22)25-5/h6-10H,1-5H3,(H,20,21). The van der Waals surface area contributed by atoms with E-state index in [-0.39, 0.29) is 17.2 Å². The van der Waals surface area contributed by atoms with Gasteiger partial charge in [0.2, 0.25) is 0 Å². The van der Waals surface area contributed by atoms with Crippen molar-refractivity contribution >= 4 is 17.6 Å². The Morgan fingerprint density at radius 3 is 2.08 bits per heavy atom. The van der Waals surface area contributed by atoms with E-state index in [0.29, 0.717) is 17.1 Å². The molecule has 2 aromatic rings. The van der Waals surface area contributed by atoms with Gasteiger partial charge in [0.05, 0.1) is 32.6 Å². The van der Waals surface area contributed by atoms with Crippen LogP contribution in [-0.4, -0.2) is 33.2 Å². The number of hydrogen-bond donors (Lipinski definition) is 1. The zero-order valence-electron chi connectivity index (χ0n) is 14.9.